The van der Waals surface area contributed by atoms with Gasteiger partial charge in [-0.15, -0.1) is 0 Å². The van der Waals surface area contributed by atoms with E-state index in [1.807, 2.05) is 36.4 Å². The Morgan fingerprint density at radius 3 is 1.33 bits per heavy atom. The summed E-state index contributed by atoms with van der Waals surface area (Å²) in [5.41, 5.74) is 1.19. The molecular formula is C23H26N2O2. The fourth-order valence-electron chi connectivity index (χ4n) is 2.82. The van der Waals surface area contributed by atoms with Gasteiger partial charge < -0.3 is 9.47 Å². The number of rotatable bonds is 12. The van der Waals surface area contributed by atoms with Crippen molar-refractivity contribution in [2.75, 3.05) is 13.2 Å². The molecule has 0 bridgehead atoms. The molecule has 0 amide bonds. The van der Waals surface area contributed by atoms with Crippen LogP contribution in [-0.4, -0.2) is 13.2 Å². The van der Waals surface area contributed by atoms with Crippen molar-refractivity contribution in [3.63, 3.8) is 0 Å². The lowest BCUT2D eigenvalue weighted by molar-refractivity contribution is 0.299. The van der Waals surface area contributed by atoms with Gasteiger partial charge in [-0.3, -0.25) is 0 Å². The maximum absolute atomic E-state index is 9.02. The molecule has 140 valence electrons. The molecule has 0 saturated carbocycles. The highest BCUT2D eigenvalue weighted by Crippen LogP contribution is 2.18. The van der Waals surface area contributed by atoms with E-state index < -0.39 is 0 Å². The van der Waals surface area contributed by atoms with Gasteiger partial charge in [-0.05, 0) is 37.1 Å². The predicted molar refractivity (Wildman–Crippen MR) is 106 cm³/mol. The molecule has 4 heteroatoms. The minimum absolute atomic E-state index is 0.595. The molecule has 0 fully saturated rings. The van der Waals surface area contributed by atoms with Crippen molar-refractivity contribution in [3.05, 3.63) is 59.7 Å². The van der Waals surface area contributed by atoms with Crippen LogP contribution in [0.5, 0.6) is 11.5 Å². The number of hydrogen-bond acceptors (Lipinski definition) is 4. The lowest BCUT2D eigenvalue weighted by Crippen LogP contribution is -1.99. The molecule has 0 aliphatic heterocycles. The molecule has 0 aromatic heterocycles. The molecule has 0 atom stereocenters. The summed E-state index contributed by atoms with van der Waals surface area (Å²) in [4.78, 5) is 0. The highest BCUT2D eigenvalue weighted by Gasteiger charge is 2.02. The van der Waals surface area contributed by atoms with Gasteiger partial charge in [0.1, 0.15) is 23.6 Å². The van der Waals surface area contributed by atoms with E-state index in [4.69, 9.17) is 20.0 Å². The zero-order chi connectivity index (χ0) is 19.2. The second-order valence-electron chi connectivity index (χ2n) is 6.39. The van der Waals surface area contributed by atoms with Crippen LogP contribution in [-0.2, 0) is 0 Å². The first-order valence-corrected chi connectivity index (χ1v) is 9.59. The summed E-state index contributed by atoms with van der Waals surface area (Å²) in [6.07, 6.45) is 7.90. The van der Waals surface area contributed by atoms with E-state index >= 15 is 0 Å². The first kappa shape index (κ1) is 20.3. The predicted octanol–water partition coefficient (Wildman–Crippen LogP) is 5.62. The zero-order valence-corrected chi connectivity index (χ0v) is 15.7. The quantitative estimate of drug-likeness (QED) is 0.460. The van der Waals surface area contributed by atoms with E-state index in [0.717, 1.165) is 25.7 Å². The number of nitriles is 2. The van der Waals surface area contributed by atoms with Gasteiger partial charge in [0.15, 0.2) is 0 Å². The van der Waals surface area contributed by atoms with Crippen LogP contribution in [0.4, 0.5) is 0 Å². The lowest BCUT2D eigenvalue weighted by atomic mass is 10.1. The van der Waals surface area contributed by atoms with E-state index in [1.54, 1.807) is 12.1 Å². The molecule has 0 unspecified atom stereocenters. The molecule has 0 N–H and O–H groups in total. The van der Waals surface area contributed by atoms with Crippen LogP contribution in [0.15, 0.2) is 48.5 Å². The van der Waals surface area contributed by atoms with Crippen molar-refractivity contribution in [2.45, 2.75) is 44.9 Å². The molecule has 4 nitrogen and oxygen atoms in total. The van der Waals surface area contributed by atoms with Gasteiger partial charge in [-0.1, -0.05) is 56.4 Å². The fourth-order valence-corrected chi connectivity index (χ4v) is 2.82. The highest BCUT2D eigenvalue weighted by atomic mass is 16.5. The summed E-state index contributed by atoms with van der Waals surface area (Å²) in [5, 5.41) is 18.0. The average Bonchev–Trinajstić information content (AvgIpc) is 2.72. The highest BCUT2D eigenvalue weighted by molar-refractivity contribution is 5.43. The minimum atomic E-state index is 0.595. The minimum Gasteiger partial charge on any atom is -0.492 e. The number of hydrogen-bond donors (Lipinski definition) is 0. The average molecular weight is 362 g/mol. The van der Waals surface area contributed by atoms with Crippen molar-refractivity contribution in [3.8, 4) is 23.6 Å². The van der Waals surface area contributed by atoms with Crippen molar-refractivity contribution in [1.82, 2.24) is 0 Å². The van der Waals surface area contributed by atoms with Crippen molar-refractivity contribution in [1.29, 1.82) is 10.5 Å². The van der Waals surface area contributed by atoms with E-state index in [9.17, 15) is 0 Å². The van der Waals surface area contributed by atoms with E-state index in [2.05, 4.69) is 12.1 Å². The second kappa shape index (κ2) is 12.4. The van der Waals surface area contributed by atoms with Crippen molar-refractivity contribution < 1.29 is 9.47 Å². The molecule has 0 saturated heterocycles. The molecule has 2 aromatic carbocycles. The second-order valence-corrected chi connectivity index (χ2v) is 6.39. The maximum atomic E-state index is 9.02. The number of ether oxygens (including phenoxy) is 2. The third kappa shape index (κ3) is 7.42. The van der Waals surface area contributed by atoms with Crippen LogP contribution < -0.4 is 9.47 Å². The van der Waals surface area contributed by atoms with Gasteiger partial charge in [0, 0.05) is 0 Å². The smallest absolute Gasteiger partial charge is 0.137 e. The first-order valence-electron chi connectivity index (χ1n) is 9.59. The molecule has 0 radical (unpaired) electrons. The third-order valence-electron chi connectivity index (χ3n) is 4.32. The summed E-state index contributed by atoms with van der Waals surface area (Å²) in [6, 6.07) is 19.0. The van der Waals surface area contributed by atoms with Crippen LogP contribution in [0.2, 0.25) is 0 Å². The van der Waals surface area contributed by atoms with Crippen molar-refractivity contribution >= 4 is 0 Å². The van der Waals surface area contributed by atoms with E-state index in [0.29, 0.717) is 35.8 Å². The molecule has 0 heterocycles. The Hall–Kier alpha value is -2.98. The molecule has 0 aliphatic rings. The summed E-state index contributed by atoms with van der Waals surface area (Å²) in [7, 11) is 0. The van der Waals surface area contributed by atoms with Crippen LogP contribution in [0.1, 0.15) is 56.1 Å². The molecule has 2 rings (SSSR count). The third-order valence-corrected chi connectivity index (χ3v) is 4.32. The molecular weight excluding hydrogens is 336 g/mol. The van der Waals surface area contributed by atoms with Crippen LogP contribution in [0.3, 0.4) is 0 Å². The van der Waals surface area contributed by atoms with Crippen molar-refractivity contribution in [2.24, 2.45) is 0 Å². The van der Waals surface area contributed by atoms with Crippen LogP contribution in [0, 0.1) is 22.7 Å². The summed E-state index contributed by atoms with van der Waals surface area (Å²) >= 11 is 0. The number of nitrogens with zero attached hydrogens (tertiary/aromatic N) is 2. The molecule has 2 aromatic rings. The number of benzene rings is 2. The summed E-state index contributed by atoms with van der Waals surface area (Å²) < 4.78 is 11.4. The SMILES string of the molecule is N#Cc1ccccc1OCCCCCCCCCOc1ccccc1C#N. The maximum Gasteiger partial charge on any atom is 0.137 e. The van der Waals surface area contributed by atoms with E-state index in [1.165, 1.54) is 19.3 Å². The van der Waals surface area contributed by atoms with Gasteiger partial charge in [0.2, 0.25) is 0 Å². The fraction of sp³-hybridized carbons (Fsp3) is 0.391. The van der Waals surface area contributed by atoms with Gasteiger partial charge in [0.05, 0.1) is 24.3 Å². The Balaban J connectivity index is 1.45. The standard InChI is InChI=1S/C23H26N2O2/c24-18-20-12-6-8-14-22(20)26-16-10-4-2-1-3-5-11-17-27-23-15-9-7-13-21(23)19-25/h6-9,12-15H,1-5,10-11,16-17H2. The largest absolute Gasteiger partial charge is 0.492 e. The molecule has 0 aliphatic carbocycles. The molecule has 27 heavy (non-hydrogen) atoms. The normalized spacial score (nSPS) is 10.0. The Labute approximate surface area is 162 Å². The van der Waals surface area contributed by atoms with Gasteiger partial charge >= 0.3 is 0 Å². The Bertz CT molecular complexity index is 709. The number of unbranched alkanes of at least 4 members (excludes halogenated alkanes) is 6. The van der Waals surface area contributed by atoms with Gasteiger partial charge in [0.25, 0.3) is 0 Å². The van der Waals surface area contributed by atoms with E-state index in [-0.39, 0.29) is 0 Å². The Kier molecular flexibility index (Phi) is 9.33. The lowest BCUT2D eigenvalue weighted by Gasteiger charge is -2.08. The van der Waals surface area contributed by atoms with Gasteiger partial charge in [-0.2, -0.15) is 10.5 Å². The zero-order valence-electron chi connectivity index (χ0n) is 15.7. The van der Waals surface area contributed by atoms with Crippen LogP contribution in [0.25, 0.3) is 0 Å². The summed E-state index contributed by atoms with van der Waals surface area (Å²) in [5.74, 6) is 1.36. The first-order chi connectivity index (χ1) is 13.3. The van der Waals surface area contributed by atoms with Gasteiger partial charge in [-0.25, -0.2) is 0 Å². The summed E-state index contributed by atoms with van der Waals surface area (Å²) in [6.45, 7) is 1.32. The van der Waals surface area contributed by atoms with Crippen LogP contribution >= 0.6 is 0 Å². The number of para-hydroxylation sites is 2. The molecule has 0 spiro atoms. The topological polar surface area (TPSA) is 66.0 Å². The Morgan fingerprint density at radius 2 is 0.926 bits per heavy atom. The Morgan fingerprint density at radius 1 is 0.556 bits per heavy atom. The monoisotopic (exact) mass is 362 g/mol.